The maximum Gasteiger partial charge on any atom is 0.264 e. The number of sulfonamides is 1. The SMILES string of the molecule is COc1ccc(S(=O)(=O)N(CC(=O)N(Cc2ccccc2F)[C@H](Cc2ccccc2)C(=O)NC2CCCCC2)c2ccc(C)cc2)cc1Br. The standard InChI is InChI=1S/C38H41BrFN3O5S/c1-27-17-19-31(20-18-27)43(49(46,47)32-21-22-36(48-2)33(39)24-32)26-37(44)42(25-29-13-9-10-16-34(29)40)35(23-28-11-5-3-6-12-28)38(45)41-30-14-7-4-8-15-30/h3,5-6,9-13,16-22,24,30,35H,4,7-8,14-15,23,25-26H2,1-2H3,(H,41,45)/t35-/m1/s1. The minimum absolute atomic E-state index is 0.0390. The highest BCUT2D eigenvalue weighted by molar-refractivity contribution is 9.10. The number of hydrogen-bond acceptors (Lipinski definition) is 5. The number of aryl methyl sites for hydroxylation is 1. The zero-order valence-corrected chi connectivity index (χ0v) is 30.1. The van der Waals surface area contributed by atoms with E-state index in [0.717, 1.165) is 47.5 Å². The van der Waals surface area contributed by atoms with E-state index in [1.807, 2.05) is 37.3 Å². The van der Waals surface area contributed by atoms with E-state index in [1.54, 1.807) is 42.5 Å². The van der Waals surface area contributed by atoms with Gasteiger partial charge in [0.1, 0.15) is 24.2 Å². The van der Waals surface area contributed by atoms with Gasteiger partial charge < -0.3 is 15.0 Å². The van der Waals surface area contributed by atoms with E-state index in [-0.39, 0.29) is 41.1 Å². The third kappa shape index (κ3) is 9.07. The number of carbonyl (C=O) groups is 2. The van der Waals surface area contributed by atoms with Crippen molar-refractivity contribution < 1.29 is 27.1 Å². The van der Waals surface area contributed by atoms with Crippen LogP contribution in [0.5, 0.6) is 5.75 Å². The summed E-state index contributed by atoms with van der Waals surface area (Å²) in [5.74, 6) is -1.10. The van der Waals surface area contributed by atoms with Crippen molar-refractivity contribution in [1.82, 2.24) is 10.2 Å². The summed E-state index contributed by atoms with van der Waals surface area (Å²) in [6.45, 7) is 1.01. The van der Waals surface area contributed by atoms with Crippen LogP contribution in [0.25, 0.3) is 0 Å². The Kier molecular flexibility index (Phi) is 12.1. The Morgan fingerprint density at radius 1 is 0.939 bits per heavy atom. The topological polar surface area (TPSA) is 96.0 Å². The van der Waals surface area contributed by atoms with Gasteiger partial charge in [0, 0.05) is 24.6 Å². The average molecular weight is 751 g/mol. The molecule has 0 radical (unpaired) electrons. The van der Waals surface area contributed by atoms with Crippen LogP contribution in [-0.4, -0.2) is 50.9 Å². The second kappa shape index (κ2) is 16.5. The molecule has 0 saturated heterocycles. The minimum atomic E-state index is -4.33. The van der Waals surface area contributed by atoms with Crippen LogP contribution in [-0.2, 0) is 32.6 Å². The molecule has 2 amide bonds. The maximum atomic E-state index is 15.2. The van der Waals surface area contributed by atoms with Gasteiger partial charge in [-0.1, -0.05) is 85.5 Å². The van der Waals surface area contributed by atoms with E-state index in [9.17, 15) is 18.0 Å². The Hall–Kier alpha value is -4.22. The fourth-order valence-electron chi connectivity index (χ4n) is 6.08. The van der Waals surface area contributed by atoms with E-state index in [4.69, 9.17) is 4.74 Å². The lowest BCUT2D eigenvalue weighted by molar-refractivity contribution is -0.140. The van der Waals surface area contributed by atoms with Crippen molar-refractivity contribution >= 4 is 43.5 Å². The highest BCUT2D eigenvalue weighted by Gasteiger charge is 2.36. The number of hydrogen-bond donors (Lipinski definition) is 1. The number of benzene rings is 4. The van der Waals surface area contributed by atoms with Crippen molar-refractivity contribution in [2.24, 2.45) is 0 Å². The molecule has 1 aliphatic rings. The Balaban J connectivity index is 1.58. The van der Waals surface area contributed by atoms with Gasteiger partial charge in [-0.05, 0) is 77.7 Å². The number of rotatable bonds is 13. The van der Waals surface area contributed by atoms with Gasteiger partial charge in [-0.2, -0.15) is 0 Å². The number of nitrogens with one attached hydrogen (secondary N) is 1. The van der Waals surface area contributed by atoms with Gasteiger partial charge in [0.05, 0.1) is 22.2 Å². The van der Waals surface area contributed by atoms with E-state index in [1.165, 1.54) is 36.3 Å². The summed E-state index contributed by atoms with van der Waals surface area (Å²) >= 11 is 3.38. The van der Waals surface area contributed by atoms with Gasteiger partial charge in [0.25, 0.3) is 10.0 Å². The molecule has 0 aromatic heterocycles. The second-order valence-corrected chi connectivity index (χ2v) is 15.0. The first kappa shape index (κ1) is 36.1. The zero-order valence-electron chi connectivity index (χ0n) is 27.6. The third-order valence-corrected chi connectivity index (χ3v) is 11.2. The quantitative estimate of drug-likeness (QED) is 0.156. The summed E-state index contributed by atoms with van der Waals surface area (Å²) in [4.78, 5) is 30.1. The van der Waals surface area contributed by atoms with Crippen molar-refractivity contribution in [3.63, 3.8) is 0 Å². The van der Waals surface area contributed by atoms with Crippen molar-refractivity contribution in [3.8, 4) is 5.75 Å². The number of anilines is 1. The van der Waals surface area contributed by atoms with Crippen LogP contribution in [0, 0.1) is 12.7 Å². The molecule has 1 atom stereocenters. The highest BCUT2D eigenvalue weighted by Crippen LogP contribution is 2.31. The number of amides is 2. The summed E-state index contributed by atoms with van der Waals surface area (Å²) < 4.78 is 50.7. The Morgan fingerprint density at radius 2 is 1.61 bits per heavy atom. The molecule has 1 saturated carbocycles. The summed E-state index contributed by atoms with van der Waals surface area (Å²) in [7, 11) is -2.85. The maximum absolute atomic E-state index is 15.2. The lowest BCUT2D eigenvalue weighted by Crippen LogP contribution is -2.55. The van der Waals surface area contributed by atoms with E-state index >= 15 is 4.39 Å². The molecule has 4 aromatic carbocycles. The van der Waals surface area contributed by atoms with E-state index in [2.05, 4.69) is 21.2 Å². The molecule has 49 heavy (non-hydrogen) atoms. The molecule has 0 aliphatic heterocycles. The molecular weight excluding hydrogens is 709 g/mol. The summed E-state index contributed by atoms with van der Waals surface area (Å²) in [6.07, 6.45) is 4.92. The predicted octanol–water partition coefficient (Wildman–Crippen LogP) is 7.19. The van der Waals surface area contributed by atoms with E-state index < -0.39 is 34.3 Å². The summed E-state index contributed by atoms with van der Waals surface area (Å²) in [5, 5.41) is 3.16. The number of ether oxygens (including phenoxy) is 1. The lowest BCUT2D eigenvalue weighted by atomic mass is 9.94. The molecular formula is C38H41BrFN3O5S. The van der Waals surface area contributed by atoms with Crippen LogP contribution in [0.4, 0.5) is 10.1 Å². The monoisotopic (exact) mass is 749 g/mol. The normalized spacial score (nSPS) is 14.1. The number of carbonyl (C=O) groups excluding carboxylic acids is 2. The largest absolute Gasteiger partial charge is 0.496 e. The average Bonchev–Trinajstić information content (AvgIpc) is 3.10. The van der Waals surface area contributed by atoms with Crippen molar-refractivity contribution in [2.75, 3.05) is 18.0 Å². The molecule has 0 heterocycles. The Bertz CT molecular complexity index is 1850. The summed E-state index contributed by atoms with van der Waals surface area (Å²) in [5.41, 5.74) is 2.19. The molecule has 11 heteroatoms. The van der Waals surface area contributed by atoms with Crippen LogP contribution >= 0.6 is 15.9 Å². The van der Waals surface area contributed by atoms with Gasteiger partial charge in [0.15, 0.2) is 0 Å². The molecule has 0 spiro atoms. The second-order valence-electron chi connectivity index (χ2n) is 12.3. The van der Waals surface area contributed by atoms with Crippen LogP contribution in [0.2, 0.25) is 0 Å². The first-order chi connectivity index (χ1) is 23.6. The first-order valence-corrected chi connectivity index (χ1v) is 18.6. The molecule has 258 valence electrons. The lowest BCUT2D eigenvalue weighted by Gasteiger charge is -2.35. The molecule has 5 rings (SSSR count). The van der Waals surface area contributed by atoms with Gasteiger partial charge in [-0.3, -0.25) is 13.9 Å². The van der Waals surface area contributed by atoms with Crippen LogP contribution in [0.1, 0.15) is 48.8 Å². The molecule has 1 fully saturated rings. The van der Waals surface area contributed by atoms with Crippen LogP contribution < -0.4 is 14.4 Å². The third-order valence-electron chi connectivity index (χ3n) is 8.83. The van der Waals surface area contributed by atoms with Gasteiger partial charge in [0.2, 0.25) is 11.8 Å². The van der Waals surface area contributed by atoms with Crippen molar-refractivity contribution in [3.05, 3.63) is 124 Å². The molecule has 0 unspecified atom stereocenters. The Morgan fingerprint density at radius 3 is 2.27 bits per heavy atom. The van der Waals surface area contributed by atoms with Crippen molar-refractivity contribution in [2.45, 2.75) is 69.0 Å². The molecule has 4 aromatic rings. The van der Waals surface area contributed by atoms with E-state index in [0.29, 0.717) is 10.2 Å². The zero-order chi connectivity index (χ0) is 35.0. The first-order valence-electron chi connectivity index (χ1n) is 16.4. The number of methoxy groups -OCH3 is 1. The predicted molar refractivity (Wildman–Crippen MR) is 192 cm³/mol. The van der Waals surface area contributed by atoms with Gasteiger partial charge >= 0.3 is 0 Å². The minimum Gasteiger partial charge on any atom is -0.496 e. The Labute approximate surface area is 296 Å². The fourth-order valence-corrected chi connectivity index (χ4v) is 8.22. The van der Waals surface area contributed by atoms with Gasteiger partial charge in [-0.15, -0.1) is 0 Å². The summed E-state index contributed by atoms with van der Waals surface area (Å²) in [6, 6.07) is 25.5. The van der Waals surface area contributed by atoms with Crippen LogP contribution in [0.3, 0.4) is 0 Å². The fraction of sp³-hybridized carbons (Fsp3) is 0.316. The highest BCUT2D eigenvalue weighted by atomic mass is 79.9. The molecule has 0 bridgehead atoms. The van der Waals surface area contributed by atoms with Crippen molar-refractivity contribution in [1.29, 1.82) is 0 Å². The van der Waals surface area contributed by atoms with Crippen LogP contribution in [0.15, 0.2) is 106 Å². The number of halogens is 2. The molecule has 1 N–H and O–H groups in total. The smallest absolute Gasteiger partial charge is 0.264 e. The van der Waals surface area contributed by atoms with Gasteiger partial charge in [-0.25, -0.2) is 12.8 Å². The number of nitrogens with zero attached hydrogens (tertiary/aromatic N) is 2. The molecule has 1 aliphatic carbocycles. The molecule has 8 nitrogen and oxygen atoms in total.